The van der Waals surface area contributed by atoms with Crippen LogP contribution in [-0.4, -0.2) is 46.3 Å². The fourth-order valence-corrected chi connectivity index (χ4v) is 3.68. The number of benzene rings is 2. The van der Waals surface area contributed by atoms with E-state index >= 15 is 0 Å². The van der Waals surface area contributed by atoms with E-state index in [9.17, 15) is 4.79 Å². The van der Waals surface area contributed by atoms with Crippen LogP contribution < -0.4 is 10.3 Å². The summed E-state index contributed by atoms with van der Waals surface area (Å²) in [5, 5.41) is 9.86. The van der Waals surface area contributed by atoms with Crippen molar-refractivity contribution in [1.29, 1.82) is 0 Å². The average molecular weight is 408 g/mol. The van der Waals surface area contributed by atoms with Crippen LogP contribution in [0.25, 0.3) is 27.8 Å². The van der Waals surface area contributed by atoms with Gasteiger partial charge in [0.2, 0.25) is 0 Å². The lowest BCUT2D eigenvalue weighted by atomic mass is 10.1. The molecule has 1 fully saturated rings. The first-order valence-electron chi connectivity index (χ1n) is 9.36. The molecule has 2 aromatic heterocycles. The Morgan fingerprint density at radius 2 is 1.86 bits per heavy atom. The van der Waals surface area contributed by atoms with E-state index in [4.69, 9.17) is 16.3 Å². The zero-order valence-corrected chi connectivity index (χ0v) is 16.3. The van der Waals surface area contributed by atoms with Crippen molar-refractivity contribution in [3.63, 3.8) is 0 Å². The second-order valence-electron chi connectivity index (χ2n) is 6.87. The van der Waals surface area contributed by atoms with E-state index in [0.29, 0.717) is 29.3 Å². The van der Waals surface area contributed by atoms with Crippen molar-refractivity contribution in [3.05, 3.63) is 70.0 Å². The van der Waals surface area contributed by atoms with Crippen LogP contribution in [0.3, 0.4) is 0 Å². The van der Waals surface area contributed by atoms with Crippen LogP contribution in [-0.2, 0) is 4.74 Å². The normalized spacial score (nSPS) is 14.4. The summed E-state index contributed by atoms with van der Waals surface area (Å²) in [6.07, 6.45) is 1.84. The van der Waals surface area contributed by atoms with Gasteiger partial charge in [0.05, 0.1) is 30.6 Å². The minimum atomic E-state index is -0.0211. The Morgan fingerprint density at radius 1 is 1.07 bits per heavy atom. The third-order valence-corrected chi connectivity index (χ3v) is 5.32. The summed E-state index contributed by atoms with van der Waals surface area (Å²) in [5.41, 5.74) is 3.10. The molecule has 7 nitrogen and oxygen atoms in total. The molecule has 146 valence electrons. The number of para-hydroxylation sites is 1. The molecule has 0 radical (unpaired) electrons. The Labute approximate surface area is 171 Å². The summed E-state index contributed by atoms with van der Waals surface area (Å²) in [4.78, 5) is 18.3. The fraction of sp³-hybridized carbons (Fsp3) is 0.190. The number of aromatic nitrogens is 4. The number of fused-ring (bicyclic) bond motifs is 1. The van der Waals surface area contributed by atoms with Crippen molar-refractivity contribution in [1.82, 2.24) is 20.0 Å². The van der Waals surface area contributed by atoms with E-state index < -0.39 is 0 Å². The van der Waals surface area contributed by atoms with Gasteiger partial charge in [-0.15, -0.1) is 5.10 Å². The standard InChI is InChI=1S/C21H18ClN5O2/c22-14-4-6-15(7-5-14)27-13-18(24-25-27)16-2-1-3-17-19(28)12-20(23-21(16)17)26-8-10-29-11-9-26/h1-7,12-13H,8-11H2,(H,23,28). The molecule has 8 heteroatoms. The number of pyridine rings is 1. The molecule has 1 aliphatic heterocycles. The number of rotatable bonds is 3. The molecule has 0 spiro atoms. The predicted molar refractivity (Wildman–Crippen MR) is 113 cm³/mol. The molecule has 0 amide bonds. The second-order valence-corrected chi connectivity index (χ2v) is 7.31. The minimum Gasteiger partial charge on any atom is -0.378 e. The average Bonchev–Trinajstić information content (AvgIpc) is 3.24. The van der Waals surface area contributed by atoms with E-state index in [-0.39, 0.29) is 5.43 Å². The van der Waals surface area contributed by atoms with Gasteiger partial charge in [0.25, 0.3) is 0 Å². The number of halogens is 1. The summed E-state index contributed by atoms with van der Waals surface area (Å²) < 4.78 is 7.11. The molecular weight excluding hydrogens is 390 g/mol. The highest BCUT2D eigenvalue weighted by Gasteiger charge is 2.16. The van der Waals surface area contributed by atoms with Crippen LogP contribution in [0.4, 0.5) is 5.82 Å². The summed E-state index contributed by atoms with van der Waals surface area (Å²) >= 11 is 5.97. The molecule has 0 atom stereocenters. The zero-order valence-electron chi connectivity index (χ0n) is 15.5. The number of morpholine rings is 1. The molecule has 4 aromatic rings. The van der Waals surface area contributed by atoms with Gasteiger partial charge in [-0.05, 0) is 30.3 Å². The summed E-state index contributed by atoms with van der Waals surface area (Å²) in [7, 11) is 0. The van der Waals surface area contributed by atoms with Crippen molar-refractivity contribution in [2.45, 2.75) is 0 Å². The topological polar surface area (TPSA) is 76.0 Å². The highest BCUT2D eigenvalue weighted by molar-refractivity contribution is 6.30. The molecule has 0 bridgehead atoms. The SMILES string of the molecule is O=c1cc(N2CCOCC2)[nH]c2c(-c3cn(-c4ccc(Cl)cc4)nn3)cccc12. The van der Waals surface area contributed by atoms with Crippen LogP contribution in [0.5, 0.6) is 0 Å². The first-order valence-corrected chi connectivity index (χ1v) is 9.74. The first kappa shape index (κ1) is 17.9. The van der Waals surface area contributed by atoms with E-state index in [1.807, 2.05) is 48.7 Å². The Morgan fingerprint density at radius 3 is 2.66 bits per heavy atom. The maximum absolute atomic E-state index is 12.8. The molecule has 1 saturated heterocycles. The largest absolute Gasteiger partial charge is 0.378 e. The monoisotopic (exact) mass is 407 g/mol. The summed E-state index contributed by atoms with van der Waals surface area (Å²) in [6.45, 7) is 2.79. The van der Waals surface area contributed by atoms with Gasteiger partial charge in [0.1, 0.15) is 11.5 Å². The number of ether oxygens (including phenoxy) is 1. The van der Waals surface area contributed by atoms with Crippen molar-refractivity contribution >= 4 is 28.3 Å². The van der Waals surface area contributed by atoms with E-state index in [1.165, 1.54) is 0 Å². The Kier molecular flexibility index (Phi) is 4.54. The number of H-pyrrole nitrogens is 1. The lowest BCUT2D eigenvalue weighted by Crippen LogP contribution is -2.37. The Bertz CT molecular complexity index is 1230. The second kappa shape index (κ2) is 7.35. The van der Waals surface area contributed by atoms with Crippen molar-refractivity contribution in [2.24, 2.45) is 0 Å². The highest BCUT2D eigenvalue weighted by Crippen LogP contribution is 2.27. The molecule has 29 heavy (non-hydrogen) atoms. The van der Waals surface area contributed by atoms with Gasteiger partial charge in [-0.1, -0.05) is 28.9 Å². The zero-order chi connectivity index (χ0) is 19.8. The number of hydrogen-bond acceptors (Lipinski definition) is 5. The smallest absolute Gasteiger partial charge is 0.191 e. The van der Waals surface area contributed by atoms with Gasteiger partial charge in [-0.3, -0.25) is 4.79 Å². The third-order valence-electron chi connectivity index (χ3n) is 5.06. The number of nitrogens with one attached hydrogen (secondary N) is 1. The highest BCUT2D eigenvalue weighted by atomic mass is 35.5. The van der Waals surface area contributed by atoms with Gasteiger partial charge in [-0.2, -0.15) is 0 Å². The van der Waals surface area contributed by atoms with E-state index in [2.05, 4.69) is 20.2 Å². The summed E-state index contributed by atoms with van der Waals surface area (Å²) in [5.74, 6) is 0.795. The maximum atomic E-state index is 12.8. The van der Waals surface area contributed by atoms with Crippen molar-refractivity contribution in [3.8, 4) is 16.9 Å². The van der Waals surface area contributed by atoms with Gasteiger partial charge < -0.3 is 14.6 Å². The Balaban J connectivity index is 1.60. The van der Waals surface area contributed by atoms with Crippen LogP contribution in [0.15, 0.2) is 59.5 Å². The molecule has 2 aromatic carbocycles. The molecule has 0 unspecified atom stereocenters. The predicted octanol–water partition coefficient (Wildman–Crippen LogP) is 3.27. The molecule has 1 aliphatic rings. The van der Waals surface area contributed by atoms with Crippen LogP contribution in [0.1, 0.15) is 0 Å². The van der Waals surface area contributed by atoms with Crippen LogP contribution in [0, 0.1) is 0 Å². The quantitative estimate of drug-likeness (QED) is 0.564. The molecule has 5 rings (SSSR count). The van der Waals surface area contributed by atoms with Gasteiger partial charge in [0.15, 0.2) is 5.43 Å². The molecular formula is C21H18ClN5O2. The van der Waals surface area contributed by atoms with Crippen molar-refractivity contribution < 1.29 is 4.74 Å². The minimum absolute atomic E-state index is 0.0211. The van der Waals surface area contributed by atoms with Crippen LogP contribution in [0.2, 0.25) is 5.02 Å². The van der Waals surface area contributed by atoms with Crippen molar-refractivity contribution in [2.75, 3.05) is 31.2 Å². The molecule has 3 heterocycles. The molecule has 1 N–H and O–H groups in total. The number of nitrogens with zero attached hydrogens (tertiary/aromatic N) is 4. The van der Waals surface area contributed by atoms with Gasteiger partial charge in [-0.25, -0.2) is 4.68 Å². The molecule has 0 saturated carbocycles. The van der Waals surface area contributed by atoms with Gasteiger partial charge >= 0.3 is 0 Å². The number of anilines is 1. The lowest BCUT2D eigenvalue weighted by molar-refractivity contribution is 0.122. The molecule has 0 aliphatic carbocycles. The van der Waals surface area contributed by atoms with E-state index in [1.54, 1.807) is 10.7 Å². The summed E-state index contributed by atoms with van der Waals surface area (Å²) in [6, 6.07) is 14.7. The van der Waals surface area contributed by atoms with E-state index in [0.717, 1.165) is 35.7 Å². The maximum Gasteiger partial charge on any atom is 0.191 e. The van der Waals surface area contributed by atoms with Crippen LogP contribution >= 0.6 is 11.6 Å². The lowest BCUT2D eigenvalue weighted by Gasteiger charge is -2.28. The third kappa shape index (κ3) is 3.39. The van der Waals surface area contributed by atoms with Gasteiger partial charge in [0, 0.05) is 35.1 Å². The fourth-order valence-electron chi connectivity index (χ4n) is 3.55. The Hall–Kier alpha value is -3.16. The number of aromatic amines is 1. The first-order chi connectivity index (χ1) is 14.2. The number of hydrogen-bond donors (Lipinski definition) is 1.